The molecule has 0 spiro atoms. The lowest BCUT2D eigenvalue weighted by atomic mass is 9.98. The van der Waals surface area contributed by atoms with E-state index in [1.165, 1.54) is 5.56 Å². The average molecular weight is 202 g/mol. The predicted octanol–water partition coefficient (Wildman–Crippen LogP) is 2.78. The molecule has 0 atom stereocenters. The minimum Gasteiger partial charge on any atom is -0.488 e. The van der Waals surface area contributed by atoms with Crippen LogP contribution in [0.3, 0.4) is 0 Å². The Labute approximate surface area is 89.6 Å². The molecule has 0 saturated carbocycles. The summed E-state index contributed by atoms with van der Waals surface area (Å²) < 4.78 is 5.46. The molecule has 1 aliphatic heterocycles. The fraction of sp³-hybridized carbons (Fsp3) is 0.308. The monoisotopic (exact) mass is 202 g/mol. The highest BCUT2D eigenvalue weighted by atomic mass is 16.5. The van der Waals surface area contributed by atoms with E-state index in [-0.39, 0.29) is 0 Å². The van der Waals surface area contributed by atoms with Gasteiger partial charge in [0, 0.05) is 11.1 Å². The SMILES string of the molecule is CC(C)c1ccc2c(c1)C=C(C=O)CO2. The maximum atomic E-state index is 10.6. The lowest BCUT2D eigenvalue weighted by molar-refractivity contribution is -0.105. The lowest BCUT2D eigenvalue weighted by Gasteiger charge is -2.16. The topological polar surface area (TPSA) is 26.3 Å². The molecule has 1 heterocycles. The molecule has 0 N–H and O–H groups in total. The number of carbonyl (C=O) groups excluding carboxylic acids is 1. The second-order valence-electron chi connectivity index (χ2n) is 4.08. The third kappa shape index (κ3) is 1.94. The van der Waals surface area contributed by atoms with Gasteiger partial charge in [-0.15, -0.1) is 0 Å². The van der Waals surface area contributed by atoms with E-state index in [1.807, 2.05) is 12.1 Å². The van der Waals surface area contributed by atoms with Gasteiger partial charge in [-0.3, -0.25) is 4.79 Å². The molecule has 0 unspecified atom stereocenters. The number of hydrogen-bond donors (Lipinski definition) is 0. The molecule has 15 heavy (non-hydrogen) atoms. The van der Waals surface area contributed by atoms with Crippen molar-refractivity contribution in [3.8, 4) is 5.75 Å². The van der Waals surface area contributed by atoms with Crippen molar-refractivity contribution in [2.45, 2.75) is 19.8 Å². The van der Waals surface area contributed by atoms with Gasteiger partial charge in [0.05, 0.1) is 0 Å². The smallest absolute Gasteiger partial charge is 0.149 e. The zero-order valence-electron chi connectivity index (χ0n) is 8.99. The average Bonchev–Trinajstić information content (AvgIpc) is 2.27. The van der Waals surface area contributed by atoms with Crippen LogP contribution in [0.5, 0.6) is 5.75 Å². The number of fused-ring (bicyclic) bond motifs is 1. The molecule has 78 valence electrons. The Kier molecular flexibility index (Phi) is 2.58. The molecule has 0 bridgehead atoms. The van der Waals surface area contributed by atoms with E-state index in [0.717, 1.165) is 17.6 Å². The summed E-state index contributed by atoms with van der Waals surface area (Å²) in [4.78, 5) is 10.6. The number of rotatable bonds is 2. The summed E-state index contributed by atoms with van der Waals surface area (Å²) in [6.07, 6.45) is 2.75. The second kappa shape index (κ2) is 3.89. The van der Waals surface area contributed by atoms with Crippen molar-refractivity contribution in [2.24, 2.45) is 0 Å². The summed E-state index contributed by atoms with van der Waals surface area (Å²) in [5.74, 6) is 1.36. The number of hydrogen-bond acceptors (Lipinski definition) is 2. The molecule has 1 aromatic rings. The Morgan fingerprint density at radius 1 is 1.40 bits per heavy atom. The molecule has 2 heteroatoms. The third-order valence-electron chi connectivity index (χ3n) is 2.59. The highest BCUT2D eigenvalue weighted by Gasteiger charge is 2.11. The molecule has 1 aromatic carbocycles. The Bertz CT molecular complexity index is 417. The number of carbonyl (C=O) groups is 1. The molecule has 1 aliphatic rings. The number of ether oxygens (including phenoxy) is 1. The maximum Gasteiger partial charge on any atom is 0.149 e. The van der Waals surface area contributed by atoms with Gasteiger partial charge in [-0.05, 0) is 29.7 Å². The van der Waals surface area contributed by atoms with Gasteiger partial charge in [-0.2, -0.15) is 0 Å². The van der Waals surface area contributed by atoms with E-state index < -0.39 is 0 Å². The first kappa shape index (κ1) is 9.97. The van der Waals surface area contributed by atoms with E-state index in [9.17, 15) is 4.79 Å². The number of aldehydes is 1. The van der Waals surface area contributed by atoms with Crippen LogP contribution < -0.4 is 4.74 Å². The zero-order valence-corrected chi connectivity index (χ0v) is 8.99. The summed E-state index contributed by atoms with van der Waals surface area (Å²) in [6, 6.07) is 6.13. The third-order valence-corrected chi connectivity index (χ3v) is 2.59. The van der Waals surface area contributed by atoms with Gasteiger partial charge in [-0.25, -0.2) is 0 Å². The first-order valence-corrected chi connectivity index (χ1v) is 5.13. The summed E-state index contributed by atoms with van der Waals surface area (Å²) in [5, 5.41) is 0. The van der Waals surface area contributed by atoms with Crippen LogP contribution in [0.1, 0.15) is 30.9 Å². The van der Waals surface area contributed by atoms with Crippen molar-refractivity contribution in [1.82, 2.24) is 0 Å². The normalized spacial score (nSPS) is 14.2. The van der Waals surface area contributed by atoms with Gasteiger partial charge >= 0.3 is 0 Å². The molecule has 0 aromatic heterocycles. The van der Waals surface area contributed by atoms with E-state index in [2.05, 4.69) is 26.0 Å². The van der Waals surface area contributed by atoms with Crippen LogP contribution in [0.25, 0.3) is 6.08 Å². The predicted molar refractivity (Wildman–Crippen MR) is 60.1 cm³/mol. The van der Waals surface area contributed by atoms with Crippen molar-refractivity contribution in [3.63, 3.8) is 0 Å². The first-order chi connectivity index (χ1) is 7.20. The Balaban J connectivity index is 2.44. The van der Waals surface area contributed by atoms with Gasteiger partial charge in [0.1, 0.15) is 18.6 Å². The Hall–Kier alpha value is -1.57. The zero-order chi connectivity index (χ0) is 10.8. The van der Waals surface area contributed by atoms with Crippen molar-refractivity contribution < 1.29 is 9.53 Å². The summed E-state index contributed by atoms with van der Waals surface area (Å²) in [6.45, 7) is 4.68. The van der Waals surface area contributed by atoms with Crippen molar-refractivity contribution >= 4 is 12.4 Å². The molecular weight excluding hydrogens is 188 g/mol. The van der Waals surface area contributed by atoms with Gasteiger partial charge in [0.15, 0.2) is 0 Å². The van der Waals surface area contributed by atoms with Gasteiger partial charge < -0.3 is 4.74 Å². The largest absolute Gasteiger partial charge is 0.488 e. The van der Waals surface area contributed by atoms with Gasteiger partial charge in [0.2, 0.25) is 0 Å². The van der Waals surface area contributed by atoms with Crippen LogP contribution in [0.4, 0.5) is 0 Å². The van der Waals surface area contributed by atoms with E-state index in [1.54, 1.807) is 0 Å². The van der Waals surface area contributed by atoms with Crippen LogP contribution in [-0.2, 0) is 4.79 Å². The van der Waals surface area contributed by atoms with Crippen LogP contribution >= 0.6 is 0 Å². The minimum atomic E-state index is 0.386. The highest BCUT2D eigenvalue weighted by molar-refractivity contribution is 5.84. The minimum absolute atomic E-state index is 0.386. The Morgan fingerprint density at radius 3 is 2.87 bits per heavy atom. The van der Waals surface area contributed by atoms with Crippen LogP contribution in [0.15, 0.2) is 23.8 Å². The van der Waals surface area contributed by atoms with Crippen LogP contribution in [0, 0.1) is 0 Å². The quantitative estimate of drug-likeness (QED) is 0.689. The molecule has 0 fully saturated rings. The molecule has 0 radical (unpaired) electrons. The van der Waals surface area contributed by atoms with E-state index in [0.29, 0.717) is 18.1 Å². The standard InChI is InChI=1S/C13H14O2/c1-9(2)11-3-4-13-12(6-11)5-10(7-14)8-15-13/h3-7,9H,8H2,1-2H3. The fourth-order valence-electron chi connectivity index (χ4n) is 1.64. The van der Waals surface area contributed by atoms with Crippen molar-refractivity contribution in [3.05, 3.63) is 34.9 Å². The van der Waals surface area contributed by atoms with Gasteiger partial charge in [-0.1, -0.05) is 19.9 Å². The summed E-state index contributed by atoms with van der Waals surface area (Å²) in [7, 11) is 0. The lowest BCUT2D eigenvalue weighted by Crippen LogP contribution is -2.08. The molecule has 0 amide bonds. The molecule has 0 saturated heterocycles. The maximum absolute atomic E-state index is 10.6. The van der Waals surface area contributed by atoms with E-state index in [4.69, 9.17) is 4.74 Å². The molecule has 0 aliphatic carbocycles. The first-order valence-electron chi connectivity index (χ1n) is 5.13. The van der Waals surface area contributed by atoms with Crippen LogP contribution in [-0.4, -0.2) is 12.9 Å². The highest BCUT2D eigenvalue weighted by Crippen LogP contribution is 2.29. The second-order valence-corrected chi connectivity index (χ2v) is 4.08. The van der Waals surface area contributed by atoms with Gasteiger partial charge in [0.25, 0.3) is 0 Å². The number of benzene rings is 1. The van der Waals surface area contributed by atoms with E-state index >= 15 is 0 Å². The molecular formula is C13H14O2. The summed E-state index contributed by atoms with van der Waals surface area (Å²) >= 11 is 0. The summed E-state index contributed by atoms with van der Waals surface area (Å²) in [5.41, 5.74) is 2.97. The van der Waals surface area contributed by atoms with Crippen molar-refractivity contribution in [1.29, 1.82) is 0 Å². The van der Waals surface area contributed by atoms with Crippen molar-refractivity contribution in [2.75, 3.05) is 6.61 Å². The Morgan fingerprint density at radius 2 is 2.20 bits per heavy atom. The fourth-order valence-corrected chi connectivity index (χ4v) is 1.64. The van der Waals surface area contributed by atoms with Crippen LogP contribution in [0.2, 0.25) is 0 Å². The molecule has 2 rings (SSSR count). The molecule has 2 nitrogen and oxygen atoms in total.